The standard InChI is InChI=1S/C18H24N2O5/c1-2-24-17(22)10-9-16(21)20-14-7-5-13(6-8-14)18(23)19-12-15-4-3-11-25-15/h5-8,15H,2-4,9-12H2,1H3,(H,19,23)(H,20,21). The van der Waals surface area contributed by atoms with Crippen molar-refractivity contribution in [2.75, 3.05) is 25.1 Å². The average Bonchev–Trinajstić information content (AvgIpc) is 3.12. The van der Waals surface area contributed by atoms with Gasteiger partial charge in [-0.15, -0.1) is 0 Å². The van der Waals surface area contributed by atoms with E-state index in [1.807, 2.05) is 0 Å². The normalized spacial score (nSPS) is 16.3. The molecule has 0 aromatic heterocycles. The number of nitrogens with one attached hydrogen (secondary N) is 2. The Bertz CT molecular complexity index is 594. The van der Waals surface area contributed by atoms with E-state index in [2.05, 4.69) is 10.6 Å². The lowest BCUT2D eigenvalue weighted by molar-refractivity contribution is -0.144. The van der Waals surface area contributed by atoms with E-state index in [1.54, 1.807) is 31.2 Å². The number of ether oxygens (including phenoxy) is 2. The fourth-order valence-electron chi connectivity index (χ4n) is 2.49. The monoisotopic (exact) mass is 348 g/mol. The predicted octanol–water partition coefficient (Wildman–Crippen LogP) is 1.88. The highest BCUT2D eigenvalue weighted by atomic mass is 16.5. The molecule has 25 heavy (non-hydrogen) atoms. The summed E-state index contributed by atoms with van der Waals surface area (Å²) in [5.41, 5.74) is 1.09. The molecular formula is C18H24N2O5. The molecule has 2 amide bonds. The quantitative estimate of drug-likeness (QED) is 0.700. The Morgan fingerprint density at radius 2 is 1.96 bits per heavy atom. The molecule has 2 rings (SSSR count). The second-order valence-electron chi connectivity index (χ2n) is 5.78. The van der Waals surface area contributed by atoms with Crippen LogP contribution in [0.25, 0.3) is 0 Å². The van der Waals surface area contributed by atoms with Crippen molar-refractivity contribution in [2.24, 2.45) is 0 Å². The Morgan fingerprint density at radius 3 is 2.60 bits per heavy atom. The first kappa shape index (κ1) is 18.9. The minimum atomic E-state index is -0.393. The van der Waals surface area contributed by atoms with Crippen molar-refractivity contribution in [1.82, 2.24) is 5.32 Å². The summed E-state index contributed by atoms with van der Waals surface area (Å²) >= 11 is 0. The maximum Gasteiger partial charge on any atom is 0.306 e. The Balaban J connectivity index is 1.75. The second-order valence-corrected chi connectivity index (χ2v) is 5.78. The van der Waals surface area contributed by atoms with Crippen LogP contribution in [0.3, 0.4) is 0 Å². The first-order chi connectivity index (χ1) is 12.1. The molecule has 1 heterocycles. The summed E-state index contributed by atoms with van der Waals surface area (Å²) in [7, 11) is 0. The van der Waals surface area contributed by atoms with Gasteiger partial charge in [-0.1, -0.05) is 0 Å². The van der Waals surface area contributed by atoms with E-state index in [-0.39, 0.29) is 30.8 Å². The van der Waals surface area contributed by atoms with Crippen LogP contribution in [0.4, 0.5) is 5.69 Å². The van der Waals surface area contributed by atoms with Crippen LogP contribution in [0.5, 0.6) is 0 Å². The first-order valence-corrected chi connectivity index (χ1v) is 8.54. The SMILES string of the molecule is CCOC(=O)CCC(=O)Nc1ccc(C(=O)NCC2CCCO2)cc1. The van der Waals surface area contributed by atoms with Gasteiger partial charge in [-0.25, -0.2) is 0 Å². The van der Waals surface area contributed by atoms with Crippen molar-refractivity contribution >= 4 is 23.5 Å². The fourth-order valence-corrected chi connectivity index (χ4v) is 2.49. The Morgan fingerprint density at radius 1 is 1.20 bits per heavy atom. The Kier molecular flexibility index (Phi) is 7.40. The third-order valence-electron chi connectivity index (χ3n) is 3.81. The highest BCUT2D eigenvalue weighted by molar-refractivity contribution is 5.96. The molecule has 0 radical (unpaired) electrons. The number of carbonyl (C=O) groups is 3. The van der Waals surface area contributed by atoms with Crippen LogP contribution in [0, 0.1) is 0 Å². The largest absolute Gasteiger partial charge is 0.466 e. The highest BCUT2D eigenvalue weighted by Crippen LogP contribution is 2.12. The number of rotatable bonds is 8. The van der Waals surface area contributed by atoms with Crippen LogP contribution in [0.2, 0.25) is 0 Å². The number of hydrogen-bond acceptors (Lipinski definition) is 5. The van der Waals surface area contributed by atoms with Gasteiger partial charge < -0.3 is 20.1 Å². The summed E-state index contributed by atoms with van der Waals surface area (Å²) in [6, 6.07) is 6.60. The lowest BCUT2D eigenvalue weighted by atomic mass is 10.1. The van der Waals surface area contributed by atoms with E-state index < -0.39 is 5.97 Å². The molecule has 1 atom stereocenters. The van der Waals surface area contributed by atoms with Gasteiger partial charge in [-0.2, -0.15) is 0 Å². The third-order valence-corrected chi connectivity index (χ3v) is 3.81. The van der Waals surface area contributed by atoms with Crippen molar-refractivity contribution in [1.29, 1.82) is 0 Å². The third kappa shape index (κ3) is 6.54. The van der Waals surface area contributed by atoms with E-state index in [4.69, 9.17) is 9.47 Å². The van der Waals surface area contributed by atoms with Gasteiger partial charge in [0.2, 0.25) is 5.91 Å². The molecule has 1 aliphatic heterocycles. The number of hydrogen-bond donors (Lipinski definition) is 2. The molecule has 1 unspecified atom stereocenters. The molecule has 0 saturated carbocycles. The van der Waals surface area contributed by atoms with Crippen LogP contribution < -0.4 is 10.6 Å². The minimum Gasteiger partial charge on any atom is -0.466 e. The summed E-state index contributed by atoms with van der Waals surface area (Å²) in [5.74, 6) is -0.838. The minimum absolute atomic E-state index is 0.0450. The summed E-state index contributed by atoms with van der Waals surface area (Å²) in [6.45, 7) is 3.28. The fraction of sp³-hybridized carbons (Fsp3) is 0.500. The van der Waals surface area contributed by atoms with Crippen molar-refractivity contribution in [3.05, 3.63) is 29.8 Å². The van der Waals surface area contributed by atoms with E-state index in [9.17, 15) is 14.4 Å². The number of carbonyl (C=O) groups excluding carboxylic acids is 3. The zero-order valence-corrected chi connectivity index (χ0v) is 14.4. The lowest BCUT2D eigenvalue weighted by Crippen LogP contribution is -2.31. The number of esters is 1. The molecule has 1 aliphatic rings. The summed E-state index contributed by atoms with van der Waals surface area (Å²) in [5, 5.41) is 5.53. The van der Waals surface area contributed by atoms with E-state index in [0.29, 0.717) is 24.4 Å². The smallest absolute Gasteiger partial charge is 0.306 e. The van der Waals surface area contributed by atoms with Crippen LogP contribution in [0.1, 0.15) is 43.0 Å². The lowest BCUT2D eigenvalue weighted by Gasteiger charge is -2.11. The van der Waals surface area contributed by atoms with Crippen molar-refractivity contribution in [3.8, 4) is 0 Å². The maximum atomic E-state index is 12.1. The van der Waals surface area contributed by atoms with Gasteiger partial charge in [0.05, 0.1) is 19.1 Å². The Labute approximate surface area is 147 Å². The molecule has 2 N–H and O–H groups in total. The molecule has 7 nitrogen and oxygen atoms in total. The zero-order chi connectivity index (χ0) is 18.1. The first-order valence-electron chi connectivity index (χ1n) is 8.54. The van der Waals surface area contributed by atoms with Crippen LogP contribution in [-0.2, 0) is 19.1 Å². The van der Waals surface area contributed by atoms with Crippen LogP contribution >= 0.6 is 0 Å². The summed E-state index contributed by atoms with van der Waals surface area (Å²) in [4.78, 5) is 35.1. The molecule has 1 aromatic rings. The highest BCUT2D eigenvalue weighted by Gasteiger charge is 2.16. The van der Waals surface area contributed by atoms with E-state index in [1.165, 1.54) is 0 Å². The maximum absolute atomic E-state index is 12.1. The molecule has 7 heteroatoms. The predicted molar refractivity (Wildman–Crippen MR) is 92.2 cm³/mol. The van der Waals surface area contributed by atoms with Gasteiger partial charge in [0, 0.05) is 30.8 Å². The topological polar surface area (TPSA) is 93.7 Å². The average molecular weight is 348 g/mol. The van der Waals surface area contributed by atoms with Crippen LogP contribution in [0.15, 0.2) is 24.3 Å². The number of benzene rings is 1. The van der Waals surface area contributed by atoms with Crippen molar-refractivity contribution in [2.45, 2.75) is 38.7 Å². The van der Waals surface area contributed by atoms with E-state index in [0.717, 1.165) is 19.4 Å². The van der Waals surface area contributed by atoms with Gasteiger partial charge in [0.25, 0.3) is 5.91 Å². The molecule has 1 saturated heterocycles. The van der Waals surface area contributed by atoms with Gasteiger partial charge in [-0.3, -0.25) is 14.4 Å². The van der Waals surface area contributed by atoms with Gasteiger partial charge >= 0.3 is 5.97 Å². The molecule has 136 valence electrons. The molecular weight excluding hydrogens is 324 g/mol. The number of anilines is 1. The second kappa shape index (κ2) is 9.78. The molecule has 1 fully saturated rings. The number of amides is 2. The molecule has 0 bridgehead atoms. The van der Waals surface area contributed by atoms with E-state index >= 15 is 0 Å². The molecule has 0 spiro atoms. The molecule has 1 aromatic carbocycles. The molecule has 0 aliphatic carbocycles. The Hall–Kier alpha value is -2.41. The van der Waals surface area contributed by atoms with Gasteiger partial charge in [-0.05, 0) is 44.0 Å². The van der Waals surface area contributed by atoms with Crippen molar-refractivity contribution < 1.29 is 23.9 Å². The zero-order valence-electron chi connectivity index (χ0n) is 14.4. The van der Waals surface area contributed by atoms with Gasteiger partial charge in [0.15, 0.2) is 0 Å². The summed E-state index contributed by atoms with van der Waals surface area (Å²) in [6.07, 6.45) is 2.20. The van der Waals surface area contributed by atoms with Crippen LogP contribution in [-0.4, -0.2) is 43.6 Å². The van der Waals surface area contributed by atoms with Crippen molar-refractivity contribution in [3.63, 3.8) is 0 Å². The van der Waals surface area contributed by atoms with Gasteiger partial charge in [0.1, 0.15) is 0 Å². The summed E-state index contributed by atoms with van der Waals surface area (Å²) < 4.78 is 10.2.